The van der Waals surface area contributed by atoms with Gasteiger partial charge in [0, 0.05) is 22.3 Å². The largest absolute Gasteiger partial charge is 0.322 e. The molecule has 0 radical (unpaired) electrons. The van der Waals surface area contributed by atoms with Gasteiger partial charge in [0.2, 0.25) is 10.0 Å². The Morgan fingerprint density at radius 2 is 1.70 bits per heavy atom. The average Bonchev–Trinajstić information content (AvgIpc) is 2.89. The Hall–Kier alpha value is -1.86. The van der Waals surface area contributed by atoms with Crippen LogP contribution in [0.1, 0.15) is 16.8 Å². The standard InChI is InChI=1S/C16H15BrN2O3S/c17-13-4-6-14(7-5-13)18-16(20)12-2-8-15(9-3-12)19-10-1-11-23(19,21)22/h2-9H,1,10-11H2,(H,18,20). The van der Waals surface area contributed by atoms with Crippen LogP contribution in [0.2, 0.25) is 0 Å². The van der Waals surface area contributed by atoms with Gasteiger partial charge >= 0.3 is 0 Å². The van der Waals surface area contributed by atoms with E-state index in [0.717, 1.165) is 4.47 Å². The highest BCUT2D eigenvalue weighted by atomic mass is 79.9. The topological polar surface area (TPSA) is 66.5 Å². The fourth-order valence-corrected chi connectivity index (χ4v) is 4.27. The second-order valence-electron chi connectivity index (χ2n) is 5.25. The predicted octanol–water partition coefficient (Wildman–Crippen LogP) is 3.24. The molecule has 3 rings (SSSR count). The number of benzene rings is 2. The Bertz CT molecular complexity index is 817. The summed E-state index contributed by atoms with van der Waals surface area (Å²) in [6.07, 6.45) is 0.633. The quantitative estimate of drug-likeness (QED) is 0.868. The molecule has 1 saturated heterocycles. The lowest BCUT2D eigenvalue weighted by molar-refractivity contribution is 0.102. The minimum Gasteiger partial charge on any atom is -0.322 e. The van der Waals surface area contributed by atoms with E-state index in [1.807, 2.05) is 12.1 Å². The zero-order chi connectivity index (χ0) is 16.4. The first-order chi connectivity index (χ1) is 11.0. The van der Waals surface area contributed by atoms with Crippen molar-refractivity contribution >= 4 is 43.2 Å². The monoisotopic (exact) mass is 394 g/mol. The number of hydrogen-bond donors (Lipinski definition) is 1. The lowest BCUT2D eigenvalue weighted by Gasteiger charge is -2.17. The van der Waals surface area contributed by atoms with E-state index in [4.69, 9.17) is 0 Å². The number of anilines is 2. The van der Waals surface area contributed by atoms with E-state index in [0.29, 0.717) is 29.9 Å². The molecule has 0 atom stereocenters. The molecule has 2 aromatic rings. The Balaban J connectivity index is 1.74. The summed E-state index contributed by atoms with van der Waals surface area (Å²) in [5.74, 6) is -0.0538. The molecule has 120 valence electrons. The van der Waals surface area contributed by atoms with Gasteiger partial charge in [-0.3, -0.25) is 9.10 Å². The van der Waals surface area contributed by atoms with Crippen molar-refractivity contribution in [3.8, 4) is 0 Å². The minimum absolute atomic E-state index is 0.179. The van der Waals surface area contributed by atoms with Crippen LogP contribution in [-0.2, 0) is 10.0 Å². The number of nitrogens with zero attached hydrogens (tertiary/aromatic N) is 1. The Morgan fingerprint density at radius 3 is 2.26 bits per heavy atom. The molecule has 1 amide bonds. The van der Waals surface area contributed by atoms with Crippen molar-refractivity contribution in [2.24, 2.45) is 0 Å². The van der Waals surface area contributed by atoms with Crippen LogP contribution in [0.15, 0.2) is 53.0 Å². The van der Waals surface area contributed by atoms with E-state index in [9.17, 15) is 13.2 Å². The van der Waals surface area contributed by atoms with Gasteiger partial charge in [-0.2, -0.15) is 0 Å². The van der Waals surface area contributed by atoms with Gasteiger partial charge in [0.05, 0.1) is 11.4 Å². The molecule has 1 aliphatic rings. The number of hydrogen-bond acceptors (Lipinski definition) is 3. The van der Waals surface area contributed by atoms with Crippen molar-refractivity contribution in [1.29, 1.82) is 0 Å². The van der Waals surface area contributed by atoms with Gasteiger partial charge in [-0.1, -0.05) is 15.9 Å². The fourth-order valence-electron chi connectivity index (χ4n) is 2.45. The number of nitrogens with one attached hydrogen (secondary N) is 1. The maximum atomic E-state index is 12.2. The van der Waals surface area contributed by atoms with Gasteiger partial charge in [-0.05, 0) is 55.0 Å². The summed E-state index contributed by atoms with van der Waals surface area (Å²) in [5, 5.41) is 2.80. The predicted molar refractivity (Wildman–Crippen MR) is 94.3 cm³/mol. The molecule has 1 aliphatic heterocycles. The minimum atomic E-state index is -3.20. The number of carbonyl (C=O) groups excluding carboxylic acids is 1. The Morgan fingerprint density at radius 1 is 1.04 bits per heavy atom. The average molecular weight is 395 g/mol. The Kier molecular flexibility index (Phi) is 4.41. The first-order valence-electron chi connectivity index (χ1n) is 7.13. The van der Waals surface area contributed by atoms with Gasteiger partial charge in [0.15, 0.2) is 0 Å². The molecular weight excluding hydrogens is 380 g/mol. The molecule has 1 heterocycles. The Labute approximate surface area is 143 Å². The van der Waals surface area contributed by atoms with Crippen molar-refractivity contribution in [2.45, 2.75) is 6.42 Å². The second-order valence-corrected chi connectivity index (χ2v) is 8.18. The van der Waals surface area contributed by atoms with Crippen LogP contribution in [0.4, 0.5) is 11.4 Å². The van der Waals surface area contributed by atoms with Crippen LogP contribution in [0.3, 0.4) is 0 Å². The highest BCUT2D eigenvalue weighted by molar-refractivity contribution is 9.10. The summed E-state index contributed by atoms with van der Waals surface area (Å²) in [6.45, 7) is 0.493. The number of halogens is 1. The second kappa shape index (κ2) is 6.33. The molecule has 0 unspecified atom stereocenters. The zero-order valence-corrected chi connectivity index (χ0v) is 14.6. The van der Waals surface area contributed by atoms with Crippen molar-refractivity contribution in [2.75, 3.05) is 21.9 Å². The van der Waals surface area contributed by atoms with Gasteiger partial charge in [0.25, 0.3) is 5.91 Å². The molecule has 5 nitrogen and oxygen atoms in total. The molecule has 23 heavy (non-hydrogen) atoms. The van der Waals surface area contributed by atoms with Crippen molar-refractivity contribution in [3.63, 3.8) is 0 Å². The summed E-state index contributed by atoms with van der Waals surface area (Å²) in [6, 6.07) is 13.9. The maximum absolute atomic E-state index is 12.2. The molecule has 0 spiro atoms. The number of amides is 1. The summed E-state index contributed by atoms with van der Waals surface area (Å²) in [4.78, 5) is 12.2. The molecule has 1 fully saturated rings. The summed E-state index contributed by atoms with van der Waals surface area (Å²) >= 11 is 3.34. The summed E-state index contributed by atoms with van der Waals surface area (Å²) in [7, 11) is -3.20. The molecule has 2 aromatic carbocycles. The fraction of sp³-hybridized carbons (Fsp3) is 0.188. The van der Waals surface area contributed by atoms with Gasteiger partial charge in [-0.25, -0.2) is 8.42 Å². The van der Waals surface area contributed by atoms with E-state index in [1.54, 1.807) is 36.4 Å². The summed E-state index contributed by atoms with van der Waals surface area (Å²) < 4.78 is 26.1. The third-order valence-corrected chi connectivity index (χ3v) is 6.02. The SMILES string of the molecule is O=C(Nc1ccc(Br)cc1)c1ccc(N2CCCS2(=O)=O)cc1. The summed E-state index contributed by atoms with van der Waals surface area (Å²) in [5.41, 5.74) is 1.78. The smallest absolute Gasteiger partial charge is 0.255 e. The van der Waals surface area contributed by atoms with Crippen molar-refractivity contribution in [1.82, 2.24) is 0 Å². The molecule has 1 N–H and O–H groups in total. The van der Waals surface area contributed by atoms with Crippen molar-refractivity contribution in [3.05, 3.63) is 58.6 Å². The number of carbonyl (C=O) groups is 1. The van der Waals surface area contributed by atoms with E-state index in [2.05, 4.69) is 21.2 Å². The van der Waals surface area contributed by atoms with Crippen molar-refractivity contribution < 1.29 is 13.2 Å². The molecule has 7 heteroatoms. The van der Waals surface area contributed by atoms with Crippen LogP contribution in [0.5, 0.6) is 0 Å². The van der Waals surface area contributed by atoms with Crippen LogP contribution in [-0.4, -0.2) is 26.6 Å². The highest BCUT2D eigenvalue weighted by Gasteiger charge is 2.28. The number of sulfonamides is 1. The lowest BCUT2D eigenvalue weighted by Crippen LogP contribution is -2.25. The third-order valence-electron chi connectivity index (χ3n) is 3.62. The van der Waals surface area contributed by atoms with E-state index in [1.165, 1.54) is 4.31 Å². The van der Waals surface area contributed by atoms with E-state index < -0.39 is 10.0 Å². The van der Waals surface area contributed by atoms with E-state index in [-0.39, 0.29) is 11.7 Å². The van der Waals surface area contributed by atoms with Gasteiger partial charge in [-0.15, -0.1) is 0 Å². The van der Waals surface area contributed by atoms with Crippen LogP contribution in [0.25, 0.3) is 0 Å². The molecule has 0 aliphatic carbocycles. The maximum Gasteiger partial charge on any atom is 0.255 e. The third kappa shape index (κ3) is 3.56. The van der Waals surface area contributed by atoms with E-state index >= 15 is 0 Å². The first kappa shape index (κ1) is 16.0. The molecule has 0 aromatic heterocycles. The molecule has 0 saturated carbocycles. The number of rotatable bonds is 3. The van der Waals surface area contributed by atoms with Gasteiger partial charge < -0.3 is 5.32 Å². The van der Waals surface area contributed by atoms with Crippen LogP contribution in [0, 0.1) is 0 Å². The first-order valence-corrected chi connectivity index (χ1v) is 9.53. The van der Waals surface area contributed by atoms with Crippen LogP contribution >= 0.6 is 15.9 Å². The highest BCUT2D eigenvalue weighted by Crippen LogP contribution is 2.24. The molecular formula is C16H15BrN2O3S. The normalized spacial score (nSPS) is 16.3. The van der Waals surface area contributed by atoms with Crippen LogP contribution < -0.4 is 9.62 Å². The molecule has 0 bridgehead atoms. The van der Waals surface area contributed by atoms with Gasteiger partial charge in [0.1, 0.15) is 0 Å². The zero-order valence-electron chi connectivity index (χ0n) is 12.2. The lowest BCUT2D eigenvalue weighted by atomic mass is 10.2.